The van der Waals surface area contributed by atoms with Gasteiger partial charge in [0.2, 0.25) is 0 Å². The molecule has 0 fully saturated rings. The summed E-state index contributed by atoms with van der Waals surface area (Å²) in [5.74, 6) is -2.11. The summed E-state index contributed by atoms with van der Waals surface area (Å²) < 4.78 is 18.6. The van der Waals surface area contributed by atoms with Crippen molar-refractivity contribution in [1.82, 2.24) is 5.32 Å². The molecule has 0 spiro atoms. The van der Waals surface area contributed by atoms with Gasteiger partial charge in [-0.1, -0.05) is 13.3 Å². The highest BCUT2D eigenvalue weighted by Gasteiger charge is 2.24. The van der Waals surface area contributed by atoms with Gasteiger partial charge >= 0.3 is 5.97 Å². The zero-order valence-electron chi connectivity index (χ0n) is 11.8. The number of amides is 1. The van der Waals surface area contributed by atoms with Gasteiger partial charge in [0, 0.05) is 10.9 Å². The standard InChI is InChI=1S/C15H16FNO4/c1-3-4-11(15(19)20)17-14(18)13-8(2)10-7-9(16)5-6-12(10)21-13/h5-7,11H,3-4H2,1-2H3,(H,17,18)(H,19,20)/t11-/m0/s1. The lowest BCUT2D eigenvalue weighted by Gasteiger charge is -2.12. The maximum atomic E-state index is 13.2. The zero-order chi connectivity index (χ0) is 15.6. The average molecular weight is 293 g/mol. The molecular formula is C15H16FNO4. The highest BCUT2D eigenvalue weighted by molar-refractivity contribution is 6.00. The lowest BCUT2D eigenvalue weighted by atomic mass is 10.1. The van der Waals surface area contributed by atoms with Crippen LogP contribution in [0.5, 0.6) is 0 Å². The summed E-state index contributed by atoms with van der Waals surface area (Å²) in [6.07, 6.45) is 0.955. The first-order valence-electron chi connectivity index (χ1n) is 6.66. The van der Waals surface area contributed by atoms with Crippen molar-refractivity contribution in [1.29, 1.82) is 0 Å². The van der Waals surface area contributed by atoms with Crippen LogP contribution in [0.2, 0.25) is 0 Å². The second-order valence-electron chi connectivity index (χ2n) is 4.85. The summed E-state index contributed by atoms with van der Waals surface area (Å²) >= 11 is 0. The minimum absolute atomic E-state index is 0.0120. The van der Waals surface area contributed by atoms with E-state index in [4.69, 9.17) is 9.52 Å². The number of carboxylic acids is 1. The minimum Gasteiger partial charge on any atom is -0.480 e. The van der Waals surface area contributed by atoms with E-state index in [2.05, 4.69) is 5.32 Å². The van der Waals surface area contributed by atoms with E-state index in [0.29, 0.717) is 29.4 Å². The van der Waals surface area contributed by atoms with Crippen molar-refractivity contribution in [2.45, 2.75) is 32.7 Å². The number of aliphatic carboxylic acids is 1. The fourth-order valence-electron chi connectivity index (χ4n) is 2.18. The van der Waals surface area contributed by atoms with E-state index >= 15 is 0 Å². The summed E-state index contributed by atoms with van der Waals surface area (Å²) in [6, 6.07) is 3.00. The number of carbonyl (C=O) groups excluding carboxylic acids is 1. The number of fused-ring (bicyclic) bond motifs is 1. The Hall–Kier alpha value is -2.37. The molecule has 6 heteroatoms. The molecule has 2 rings (SSSR count). The molecule has 0 aliphatic heterocycles. The number of hydrogen-bond donors (Lipinski definition) is 2. The van der Waals surface area contributed by atoms with Crippen LogP contribution in [0.15, 0.2) is 22.6 Å². The summed E-state index contributed by atoms with van der Waals surface area (Å²) in [5, 5.41) is 12.0. The molecule has 21 heavy (non-hydrogen) atoms. The molecule has 2 N–H and O–H groups in total. The molecule has 0 saturated heterocycles. The van der Waals surface area contributed by atoms with Crippen LogP contribution >= 0.6 is 0 Å². The third kappa shape index (κ3) is 3.04. The predicted octanol–water partition coefficient (Wildman–Crippen LogP) is 2.86. The smallest absolute Gasteiger partial charge is 0.326 e. The first-order valence-corrected chi connectivity index (χ1v) is 6.66. The van der Waals surface area contributed by atoms with Gasteiger partial charge in [0.25, 0.3) is 5.91 Å². The largest absolute Gasteiger partial charge is 0.480 e. The van der Waals surface area contributed by atoms with Crippen molar-refractivity contribution in [2.24, 2.45) is 0 Å². The average Bonchev–Trinajstić information content (AvgIpc) is 2.75. The van der Waals surface area contributed by atoms with Crippen molar-refractivity contribution in [2.75, 3.05) is 0 Å². The second kappa shape index (κ2) is 5.95. The quantitative estimate of drug-likeness (QED) is 0.888. The van der Waals surface area contributed by atoms with Gasteiger partial charge in [-0.25, -0.2) is 9.18 Å². The third-order valence-corrected chi connectivity index (χ3v) is 3.29. The van der Waals surface area contributed by atoms with Crippen molar-refractivity contribution < 1.29 is 23.5 Å². The van der Waals surface area contributed by atoms with E-state index in [9.17, 15) is 14.0 Å². The summed E-state index contributed by atoms with van der Waals surface area (Å²) in [6.45, 7) is 3.47. The monoisotopic (exact) mass is 293 g/mol. The lowest BCUT2D eigenvalue weighted by Crippen LogP contribution is -2.40. The Kier molecular flexibility index (Phi) is 4.26. The van der Waals surface area contributed by atoms with Crippen LogP contribution in [-0.4, -0.2) is 23.0 Å². The SMILES string of the molecule is CCC[C@H](NC(=O)c1oc2ccc(F)cc2c1C)C(=O)O. The van der Waals surface area contributed by atoms with E-state index < -0.39 is 23.7 Å². The molecule has 0 bridgehead atoms. The minimum atomic E-state index is -1.09. The molecule has 0 unspecified atom stereocenters. The number of nitrogens with one attached hydrogen (secondary N) is 1. The molecule has 0 aliphatic rings. The lowest BCUT2D eigenvalue weighted by molar-refractivity contribution is -0.139. The number of carboxylic acid groups (broad SMARTS) is 1. The summed E-state index contributed by atoms with van der Waals surface area (Å²) in [7, 11) is 0. The number of carbonyl (C=O) groups is 2. The highest BCUT2D eigenvalue weighted by atomic mass is 19.1. The Morgan fingerprint density at radius 3 is 2.76 bits per heavy atom. The van der Waals surface area contributed by atoms with Gasteiger partial charge in [-0.05, 0) is 31.5 Å². The Labute approximate surface area is 120 Å². The van der Waals surface area contributed by atoms with Crippen LogP contribution in [0.25, 0.3) is 11.0 Å². The number of hydrogen-bond acceptors (Lipinski definition) is 3. The Morgan fingerprint density at radius 2 is 2.14 bits per heavy atom. The van der Waals surface area contributed by atoms with E-state index in [0.717, 1.165) is 0 Å². The first kappa shape index (κ1) is 15.0. The molecule has 0 saturated carbocycles. The third-order valence-electron chi connectivity index (χ3n) is 3.29. The molecule has 1 aromatic heterocycles. The normalized spacial score (nSPS) is 12.3. The van der Waals surface area contributed by atoms with E-state index in [-0.39, 0.29) is 5.76 Å². The maximum absolute atomic E-state index is 13.2. The van der Waals surface area contributed by atoms with Crippen molar-refractivity contribution >= 4 is 22.8 Å². The van der Waals surface area contributed by atoms with Crippen LogP contribution in [0.3, 0.4) is 0 Å². The fraction of sp³-hybridized carbons (Fsp3) is 0.333. The fourth-order valence-corrected chi connectivity index (χ4v) is 2.18. The Morgan fingerprint density at radius 1 is 1.43 bits per heavy atom. The molecule has 1 atom stereocenters. The number of halogens is 1. The van der Waals surface area contributed by atoms with Gasteiger partial charge in [0.05, 0.1) is 0 Å². The van der Waals surface area contributed by atoms with Crippen LogP contribution < -0.4 is 5.32 Å². The molecule has 5 nitrogen and oxygen atoms in total. The number of aryl methyl sites for hydroxylation is 1. The molecule has 112 valence electrons. The van der Waals surface area contributed by atoms with Gasteiger partial charge in [0.15, 0.2) is 5.76 Å². The van der Waals surface area contributed by atoms with Crippen molar-refractivity contribution in [3.05, 3.63) is 35.3 Å². The number of benzene rings is 1. The molecule has 0 aliphatic carbocycles. The zero-order valence-corrected chi connectivity index (χ0v) is 11.8. The maximum Gasteiger partial charge on any atom is 0.326 e. The topological polar surface area (TPSA) is 79.5 Å². The molecular weight excluding hydrogens is 277 g/mol. The van der Waals surface area contributed by atoms with Gasteiger partial charge in [-0.2, -0.15) is 0 Å². The number of furan rings is 1. The van der Waals surface area contributed by atoms with Gasteiger partial charge < -0.3 is 14.8 Å². The van der Waals surface area contributed by atoms with Gasteiger partial charge in [-0.3, -0.25) is 4.79 Å². The molecule has 1 heterocycles. The van der Waals surface area contributed by atoms with E-state index in [1.54, 1.807) is 6.92 Å². The summed E-state index contributed by atoms with van der Waals surface area (Å²) in [5.41, 5.74) is 0.879. The van der Waals surface area contributed by atoms with Gasteiger partial charge in [0.1, 0.15) is 17.4 Å². The number of rotatable bonds is 5. The van der Waals surface area contributed by atoms with Crippen molar-refractivity contribution in [3.63, 3.8) is 0 Å². The van der Waals surface area contributed by atoms with Crippen LogP contribution in [-0.2, 0) is 4.79 Å². The van der Waals surface area contributed by atoms with Crippen LogP contribution in [0.1, 0.15) is 35.9 Å². The Balaban J connectivity index is 2.31. The van der Waals surface area contributed by atoms with Crippen LogP contribution in [0.4, 0.5) is 4.39 Å². The predicted molar refractivity (Wildman–Crippen MR) is 74.7 cm³/mol. The van der Waals surface area contributed by atoms with Gasteiger partial charge in [-0.15, -0.1) is 0 Å². The van der Waals surface area contributed by atoms with Crippen molar-refractivity contribution in [3.8, 4) is 0 Å². The summed E-state index contributed by atoms with van der Waals surface area (Å²) in [4.78, 5) is 23.2. The highest BCUT2D eigenvalue weighted by Crippen LogP contribution is 2.26. The van der Waals surface area contributed by atoms with E-state index in [1.807, 2.05) is 6.92 Å². The molecule has 0 radical (unpaired) electrons. The first-order chi connectivity index (χ1) is 9.93. The molecule has 1 amide bonds. The van der Waals surface area contributed by atoms with Crippen LogP contribution in [0, 0.1) is 12.7 Å². The second-order valence-corrected chi connectivity index (χ2v) is 4.85. The molecule has 2 aromatic rings. The van der Waals surface area contributed by atoms with E-state index in [1.165, 1.54) is 18.2 Å². The Bertz CT molecular complexity index is 692. The molecule has 1 aromatic carbocycles.